The number of halogens is 1. The molecule has 0 unspecified atom stereocenters. The summed E-state index contributed by atoms with van der Waals surface area (Å²) >= 11 is 5.59. The van der Waals surface area contributed by atoms with Crippen molar-refractivity contribution in [1.29, 1.82) is 0 Å². The van der Waals surface area contributed by atoms with Crippen molar-refractivity contribution in [3.05, 3.63) is 34.9 Å². The molecule has 0 bridgehead atoms. The van der Waals surface area contributed by atoms with E-state index in [1.54, 1.807) is 0 Å². The molecule has 0 saturated carbocycles. The largest absolute Gasteiger partial charge is 0.337 e. The first kappa shape index (κ1) is 12.4. The van der Waals surface area contributed by atoms with E-state index in [9.17, 15) is 4.79 Å². The molecule has 0 N–H and O–H groups in total. The molecule has 2 rings (SSSR count). The highest BCUT2D eigenvalue weighted by Gasteiger charge is 2.20. The van der Waals surface area contributed by atoms with Crippen molar-refractivity contribution in [2.24, 2.45) is 0 Å². The van der Waals surface area contributed by atoms with Gasteiger partial charge in [0.25, 0.3) is 0 Å². The minimum absolute atomic E-state index is 0.0326. The summed E-state index contributed by atoms with van der Waals surface area (Å²) in [7, 11) is 0. The molecule has 17 heavy (non-hydrogen) atoms. The number of amides is 1. The van der Waals surface area contributed by atoms with Crippen LogP contribution in [-0.2, 0) is 17.8 Å². The molecule has 0 aromatic heterocycles. The molecule has 0 radical (unpaired) electrons. The quantitative estimate of drug-likeness (QED) is 0.740. The Bertz CT molecular complexity index is 428. The Morgan fingerprint density at radius 2 is 2.18 bits per heavy atom. The van der Waals surface area contributed by atoms with Crippen molar-refractivity contribution in [1.82, 2.24) is 4.90 Å². The molecule has 0 aliphatic carbocycles. The first-order valence-electron chi connectivity index (χ1n) is 6.07. The van der Waals surface area contributed by atoms with E-state index in [1.165, 1.54) is 16.7 Å². The molecule has 1 amide bonds. The number of benzene rings is 1. The molecule has 1 aromatic carbocycles. The van der Waals surface area contributed by atoms with Gasteiger partial charge in [0.05, 0.1) is 0 Å². The van der Waals surface area contributed by atoms with Gasteiger partial charge in [0.1, 0.15) is 5.88 Å². The van der Waals surface area contributed by atoms with Crippen LogP contribution in [0.15, 0.2) is 18.2 Å². The zero-order chi connectivity index (χ0) is 12.4. The molecule has 92 valence electrons. The number of carbonyl (C=O) groups excluding carboxylic acids is 1. The zero-order valence-electron chi connectivity index (χ0n) is 10.4. The fraction of sp³-hybridized carbons (Fsp3) is 0.500. The van der Waals surface area contributed by atoms with Gasteiger partial charge in [0.2, 0.25) is 5.91 Å². The third-order valence-electron chi connectivity index (χ3n) is 3.38. The van der Waals surface area contributed by atoms with Crippen molar-refractivity contribution in [2.75, 3.05) is 12.4 Å². The average molecular weight is 252 g/mol. The molecule has 1 aromatic rings. The lowest BCUT2D eigenvalue weighted by Gasteiger charge is -2.29. The predicted octanol–water partition coefficient (Wildman–Crippen LogP) is 2.93. The lowest BCUT2D eigenvalue weighted by molar-refractivity contribution is -0.129. The highest BCUT2D eigenvalue weighted by atomic mass is 35.5. The average Bonchev–Trinajstić information content (AvgIpc) is 2.36. The van der Waals surface area contributed by atoms with Crippen molar-refractivity contribution in [3.63, 3.8) is 0 Å². The maximum atomic E-state index is 11.5. The van der Waals surface area contributed by atoms with Gasteiger partial charge >= 0.3 is 0 Å². The fourth-order valence-electron chi connectivity index (χ4n) is 2.23. The fourth-order valence-corrected chi connectivity index (χ4v) is 2.40. The Kier molecular flexibility index (Phi) is 3.72. The van der Waals surface area contributed by atoms with Crippen molar-refractivity contribution < 1.29 is 4.79 Å². The standard InChI is InChI=1S/C14H18ClNO/c1-10(2)11-3-4-13-9-16(14(17)8-15)6-5-12(13)7-11/h3-4,7,10H,5-6,8-9H2,1-2H3. The number of rotatable bonds is 2. The van der Waals surface area contributed by atoms with Crippen LogP contribution in [-0.4, -0.2) is 23.2 Å². The Morgan fingerprint density at radius 1 is 1.41 bits per heavy atom. The van der Waals surface area contributed by atoms with Crippen LogP contribution < -0.4 is 0 Å². The predicted molar refractivity (Wildman–Crippen MR) is 70.4 cm³/mol. The smallest absolute Gasteiger partial charge is 0.237 e. The van der Waals surface area contributed by atoms with Crippen molar-refractivity contribution in [3.8, 4) is 0 Å². The van der Waals surface area contributed by atoms with E-state index in [0.29, 0.717) is 12.5 Å². The molecular formula is C14H18ClNO. The summed E-state index contributed by atoms with van der Waals surface area (Å²) in [6.07, 6.45) is 0.943. The van der Waals surface area contributed by atoms with Gasteiger partial charge in [-0.1, -0.05) is 32.0 Å². The minimum Gasteiger partial charge on any atom is -0.337 e. The van der Waals surface area contributed by atoms with Gasteiger partial charge in [0, 0.05) is 13.1 Å². The van der Waals surface area contributed by atoms with E-state index in [4.69, 9.17) is 11.6 Å². The van der Waals surface area contributed by atoms with Crippen LogP contribution in [0.3, 0.4) is 0 Å². The Labute approximate surface area is 108 Å². The Balaban J connectivity index is 2.20. The third-order valence-corrected chi connectivity index (χ3v) is 3.60. The molecule has 1 aliphatic rings. The number of nitrogens with zero attached hydrogens (tertiary/aromatic N) is 1. The molecular weight excluding hydrogens is 234 g/mol. The summed E-state index contributed by atoms with van der Waals surface area (Å²) < 4.78 is 0. The number of fused-ring (bicyclic) bond motifs is 1. The number of hydrogen-bond acceptors (Lipinski definition) is 1. The van der Waals surface area contributed by atoms with E-state index in [2.05, 4.69) is 32.0 Å². The van der Waals surface area contributed by atoms with Crippen LogP contribution in [0.4, 0.5) is 0 Å². The summed E-state index contributed by atoms with van der Waals surface area (Å²) in [6, 6.07) is 6.60. The highest BCUT2D eigenvalue weighted by molar-refractivity contribution is 6.27. The highest BCUT2D eigenvalue weighted by Crippen LogP contribution is 2.24. The van der Waals surface area contributed by atoms with Gasteiger partial charge in [-0.15, -0.1) is 11.6 Å². The van der Waals surface area contributed by atoms with Crippen molar-refractivity contribution >= 4 is 17.5 Å². The molecule has 3 heteroatoms. The summed E-state index contributed by atoms with van der Waals surface area (Å²) in [5, 5.41) is 0. The van der Waals surface area contributed by atoms with Gasteiger partial charge in [-0.3, -0.25) is 4.79 Å². The van der Waals surface area contributed by atoms with Crippen LogP contribution in [0.1, 0.15) is 36.5 Å². The second-order valence-electron chi connectivity index (χ2n) is 4.88. The van der Waals surface area contributed by atoms with E-state index in [0.717, 1.165) is 13.0 Å². The first-order valence-corrected chi connectivity index (χ1v) is 6.60. The van der Waals surface area contributed by atoms with Crippen LogP contribution in [0.2, 0.25) is 0 Å². The Morgan fingerprint density at radius 3 is 2.82 bits per heavy atom. The van der Waals surface area contributed by atoms with Crippen molar-refractivity contribution in [2.45, 2.75) is 32.7 Å². The first-order chi connectivity index (χ1) is 8.11. The van der Waals surface area contributed by atoms with Crippen LogP contribution in [0, 0.1) is 0 Å². The number of carbonyl (C=O) groups is 1. The van der Waals surface area contributed by atoms with Gasteiger partial charge in [-0.2, -0.15) is 0 Å². The van der Waals surface area contributed by atoms with E-state index < -0.39 is 0 Å². The van der Waals surface area contributed by atoms with Gasteiger partial charge in [-0.05, 0) is 29.0 Å². The third kappa shape index (κ3) is 2.63. The lowest BCUT2D eigenvalue weighted by atomic mass is 9.93. The molecule has 0 atom stereocenters. The topological polar surface area (TPSA) is 20.3 Å². The van der Waals surface area contributed by atoms with Gasteiger partial charge in [0.15, 0.2) is 0 Å². The Hall–Kier alpha value is -1.02. The van der Waals surface area contributed by atoms with E-state index in [1.807, 2.05) is 4.90 Å². The molecule has 0 saturated heterocycles. The second-order valence-corrected chi connectivity index (χ2v) is 5.15. The van der Waals surface area contributed by atoms with Gasteiger partial charge < -0.3 is 4.90 Å². The second kappa shape index (κ2) is 5.09. The summed E-state index contributed by atoms with van der Waals surface area (Å²) in [6.45, 7) is 5.90. The van der Waals surface area contributed by atoms with E-state index >= 15 is 0 Å². The normalized spacial score (nSPS) is 14.9. The number of alkyl halides is 1. The van der Waals surface area contributed by atoms with Crippen LogP contribution in [0.25, 0.3) is 0 Å². The van der Waals surface area contributed by atoms with Crippen LogP contribution >= 0.6 is 11.6 Å². The van der Waals surface area contributed by atoms with E-state index in [-0.39, 0.29) is 11.8 Å². The zero-order valence-corrected chi connectivity index (χ0v) is 11.1. The minimum atomic E-state index is 0.0326. The monoisotopic (exact) mass is 251 g/mol. The summed E-state index contributed by atoms with van der Waals surface area (Å²) in [5.41, 5.74) is 4.02. The molecule has 1 aliphatic heterocycles. The lowest BCUT2D eigenvalue weighted by Crippen LogP contribution is -2.36. The van der Waals surface area contributed by atoms with Gasteiger partial charge in [-0.25, -0.2) is 0 Å². The number of hydrogen-bond donors (Lipinski definition) is 0. The molecule has 2 nitrogen and oxygen atoms in total. The van der Waals surface area contributed by atoms with Crippen LogP contribution in [0.5, 0.6) is 0 Å². The maximum absolute atomic E-state index is 11.5. The molecule has 1 heterocycles. The SMILES string of the molecule is CC(C)c1ccc2c(c1)CCN(C(=O)CCl)C2. The summed E-state index contributed by atoms with van der Waals surface area (Å²) in [5.74, 6) is 0.674. The summed E-state index contributed by atoms with van der Waals surface area (Å²) in [4.78, 5) is 13.4. The molecule has 0 spiro atoms. The molecule has 0 fully saturated rings. The maximum Gasteiger partial charge on any atom is 0.237 e.